The smallest absolute Gasteiger partial charge is 0.123 e. The van der Waals surface area contributed by atoms with Crippen LogP contribution in [0.15, 0.2) is 49.0 Å². The van der Waals surface area contributed by atoms with Gasteiger partial charge in [0.2, 0.25) is 0 Å². The van der Waals surface area contributed by atoms with Gasteiger partial charge < -0.3 is 9.64 Å². The lowest BCUT2D eigenvalue weighted by Gasteiger charge is -2.45. The van der Waals surface area contributed by atoms with E-state index in [1.807, 2.05) is 0 Å². The maximum atomic E-state index is 6.51. The van der Waals surface area contributed by atoms with Crippen LogP contribution in [0, 0.1) is 12.8 Å². The van der Waals surface area contributed by atoms with Crippen molar-refractivity contribution in [3.05, 3.63) is 71.3 Å². The summed E-state index contributed by atoms with van der Waals surface area (Å²) in [5.74, 6) is 1.78. The zero-order valence-corrected chi connectivity index (χ0v) is 17.6. The Morgan fingerprint density at radius 3 is 2.57 bits per heavy atom. The molecule has 2 aromatic rings. The summed E-state index contributed by atoms with van der Waals surface area (Å²) in [7, 11) is 0. The molecule has 2 heterocycles. The Labute approximate surface area is 170 Å². The van der Waals surface area contributed by atoms with Crippen LogP contribution in [-0.4, -0.2) is 23.6 Å². The number of hydrogen-bond donors (Lipinski definition) is 0. The van der Waals surface area contributed by atoms with Gasteiger partial charge in [-0.2, -0.15) is 0 Å². The van der Waals surface area contributed by atoms with Gasteiger partial charge >= 0.3 is 0 Å². The maximum absolute atomic E-state index is 6.51. The van der Waals surface area contributed by atoms with Crippen molar-refractivity contribution in [1.29, 1.82) is 0 Å². The number of para-hydroxylation sites is 1. The third kappa shape index (κ3) is 3.83. The first-order valence-corrected chi connectivity index (χ1v) is 10.8. The first-order valence-electron chi connectivity index (χ1n) is 10.8. The van der Waals surface area contributed by atoms with Crippen molar-refractivity contribution >= 4 is 5.70 Å². The summed E-state index contributed by atoms with van der Waals surface area (Å²) in [4.78, 5) is 2.45. The zero-order valence-electron chi connectivity index (χ0n) is 17.6. The Hall–Kier alpha value is -2.22. The Morgan fingerprint density at radius 2 is 1.86 bits per heavy atom. The van der Waals surface area contributed by atoms with E-state index in [1.54, 1.807) is 0 Å². The lowest BCUT2D eigenvalue weighted by Crippen LogP contribution is -2.49. The van der Waals surface area contributed by atoms with E-state index in [1.165, 1.54) is 22.3 Å². The quantitative estimate of drug-likeness (QED) is 0.647. The molecule has 0 radical (unpaired) electrons. The molecule has 2 aliphatic rings. The van der Waals surface area contributed by atoms with Gasteiger partial charge in [-0.3, -0.25) is 0 Å². The van der Waals surface area contributed by atoms with E-state index >= 15 is 0 Å². The van der Waals surface area contributed by atoms with E-state index in [0.717, 1.165) is 56.6 Å². The first-order chi connectivity index (χ1) is 13.5. The number of likely N-dealkylation sites (tertiary alicyclic amines) is 1. The lowest BCUT2D eigenvalue weighted by atomic mass is 9.83. The summed E-state index contributed by atoms with van der Waals surface area (Å²) in [6.45, 7) is 13.3. The summed E-state index contributed by atoms with van der Waals surface area (Å²) in [6.07, 6.45) is 5.56. The topological polar surface area (TPSA) is 12.5 Å². The van der Waals surface area contributed by atoms with Gasteiger partial charge in [-0.15, -0.1) is 0 Å². The third-order valence-electron chi connectivity index (χ3n) is 6.51. The SMILES string of the molecule is C=C(c1ccc(CC(C)C)c(C)c1)N1CCC2(CCc3ccccc3O2)CC1. The van der Waals surface area contributed by atoms with Crippen molar-refractivity contribution < 1.29 is 4.74 Å². The van der Waals surface area contributed by atoms with Gasteiger partial charge in [-0.1, -0.05) is 50.8 Å². The maximum Gasteiger partial charge on any atom is 0.123 e. The first kappa shape index (κ1) is 19.1. The van der Waals surface area contributed by atoms with Crippen LogP contribution < -0.4 is 4.74 Å². The van der Waals surface area contributed by atoms with Gasteiger partial charge in [0.05, 0.1) is 0 Å². The number of rotatable bonds is 4. The van der Waals surface area contributed by atoms with E-state index in [4.69, 9.17) is 4.74 Å². The van der Waals surface area contributed by atoms with Crippen LogP contribution in [0.1, 0.15) is 55.4 Å². The standard InChI is InChI=1S/C26H33NO/c1-19(2)17-23-9-10-24(18-20(23)3)21(4)27-15-13-26(14-16-27)12-11-22-7-5-6-8-25(22)28-26/h5-10,18-19H,4,11-17H2,1-3H3. The molecule has 0 atom stereocenters. The number of nitrogens with zero attached hydrogens (tertiary/aromatic N) is 1. The molecule has 1 saturated heterocycles. The highest BCUT2D eigenvalue weighted by atomic mass is 16.5. The zero-order chi connectivity index (χ0) is 19.7. The van der Waals surface area contributed by atoms with Crippen LogP contribution >= 0.6 is 0 Å². The molecule has 0 N–H and O–H groups in total. The van der Waals surface area contributed by atoms with Crippen LogP contribution in [0.2, 0.25) is 0 Å². The van der Waals surface area contributed by atoms with Crippen molar-refractivity contribution in [1.82, 2.24) is 4.90 Å². The Kier molecular flexibility index (Phi) is 5.23. The van der Waals surface area contributed by atoms with Crippen LogP contribution in [0.5, 0.6) is 5.75 Å². The van der Waals surface area contributed by atoms with Crippen molar-refractivity contribution in [2.75, 3.05) is 13.1 Å². The van der Waals surface area contributed by atoms with Gasteiger partial charge in [-0.05, 0) is 66.5 Å². The Bertz CT molecular complexity index is 858. The minimum Gasteiger partial charge on any atom is -0.487 e. The second-order valence-electron chi connectivity index (χ2n) is 9.07. The molecular weight excluding hydrogens is 342 g/mol. The molecule has 1 spiro atoms. The van der Waals surface area contributed by atoms with E-state index in [9.17, 15) is 0 Å². The number of piperidine rings is 1. The molecular formula is C26H33NO. The molecule has 0 aromatic heterocycles. The number of aryl methyl sites for hydroxylation is 2. The van der Waals surface area contributed by atoms with Gasteiger partial charge in [0.1, 0.15) is 11.4 Å². The average molecular weight is 376 g/mol. The van der Waals surface area contributed by atoms with Gasteiger partial charge in [0.25, 0.3) is 0 Å². The van der Waals surface area contributed by atoms with E-state index in [-0.39, 0.29) is 5.60 Å². The van der Waals surface area contributed by atoms with Gasteiger partial charge in [0.15, 0.2) is 0 Å². The number of benzene rings is 2. The van der Waals surface area contributed by atoms with Crippen LogP contribution in [0.3, 0.4) is 0 Å². The highest BCUT2D eigenvalue weighted by Crippen LogP contribution is 2.40. The molecule has 2 heteroatoms. The molecule has 1 fully saturated rings. The van der Waals surface area contributed by atoms with Crippen LogP contribution in [-0.2, 0) is 12.8 Å². The summed E-state index contributed by atoms with van der Waals surface area (Å²) in [6, 6.07) is 15.4. The fourth-order valence-electron chi connectivity index (χ4n) is 4.72. The minimum atomic E-state index is 0.0160. The van der Waals surface area contributed by atoms with Gasteiger partial charge in [-0.25, -0.2) is 0 Å². The third-order valence-corrected chi connectivity index (χ3v) is 6.51. The summed E-state index contributed by atoms with van der Waals surface area (Å²) < 4.78 is 6.51. The molecule has 4 rings (SSSR count). The second-order valence-corrected chi connectivity index (χ2v) is 9.07. The van der Waals surface area contributed by atoms with Crippen molar-refractivity contribution in [2.45, 2.75) is 58.5 Å². The monoisotopic (exact) mass is 375 g/mol. The van der Waals surface area contributed by atoms with E-state index in [0.29, 0.717) is 5.92 Å². The molecule has 0 unspecified atom stereocenters. The Morgan fingerprint density at radius 1 is 1.11 bits per heavy atom. The number of hydrogen-bond acceptors (Lipinski definition) is 2. The number of ether oxygens (including phenoxy) is 1. The highest BCUT2D eigenvalue weighted by Gasteiger charge is 2.39. The molecule has 0 saturated carbocycles. The van der Waals surface area contributed by atoms with Crippen LogP contribution in [0.25, 0.3) is 5.70 Å². The molecule has 28 heavy (non-hydrogen) atoms. The predicted octanol–water partition coefficient (Wildman–Crippen LogP) is 6.02. The van der Waals surface area contributed by atoms with Crippen molar-refractivity contribution in [2.24, 2.45) is 5.92 Å². The number of fused-ring (bicyclic) bond motifs is 1. The fourth-order valence-corrected chi connectivity index (χ4v) is 4.72. The van der Waals surface area contributed by atoms with Crippen LogP contribution in [0.4, 0.5) is 0 Å². The average Bonchev–Trinajstić information content (AvgIpc) is 2.69. The van der Waals surface area contributed by atoms with Gasteiger partial charge in [0, 0.05) is 31.6 Å². The molecule has 148 valence electrons. The fraction of sp³-hybridized carbons (Fsp3) is 0.462. The molecule has 2 nitrogen and oxygen atoms in total. The van der Waals surface area contributed by atoms with E-state index in [2.05, 4.69) is 74.7 Å². The molecule has 0 bridgehead atoms. The normalized spacial score (nSPS) is 18.1. The Balaban J connectivity index is 1.41. The van der Waals surface area contributed by atoms with Crippen molar-refractivity contribution in [3.8, 4) is 5.75 Å². The summed E-state index contributed by atoms with van der Waals surface area (Å²) in [5, 5.41) is 0. The molecule has 0 aliphatic carbocycles. The minimum absolute atomic E-state index is 0.0160. The van der Waals surface area contributed by atoms with Crippen molar-refractivity contribution in [3.63, 3.8) is 0 Å². The summed E-state index contributed by atoms with van der Waals surface area (Å²) in [5.41, 5.74) is 6.63. The molecule has 0 amide bonds. The molecule has 2 aliphatic heterocycles. The highest BCUT2D eigenvalue weighted by molar-refractivity contribution is 5.63. The predicted molar refractivity (Wildman–Crippen MR) is 118 cm³/mol. The largest absolute Gasteiger partial charge is 0.487 e. The molecule has 2 aromatic carbocycles. The lowest BCUT2D eigenvalue weighted by molar-refractivity contribution is -0.00242. The summed E-state index contributed by atoms with van der Waals surface area (Å²) >= 11 is 0. The second kappa shape index (κ2) is 7.66. The van der Waals surface area contributed by atoms with E-state index < -0.39 is 0 Å².